The molecule has 2 heterocycles. The third-order valence-corrected chi connectivity index (χ3v) is 4.27. The van der Waals surface area contributed by atoms with E-state index in [1.54, 1.807) is 6.92 Å². The summed E-state index contributed by atoms with van der Waals surface area (Å²) in [4.78, 5) is 0. The van der Waals surface area contributed by atoms with E-state index < -0.39 is 0 Å². The predicted molar refractivity (Wildman–Crippen MR) is 82.8 cm³/mol. The van der Waals surface area contributed by atoms with E-state index in [0.29, 0.717) is 30.0 Å². The first kappa shape index (κ1) is 14.1. The molecular formula is C17H18N4O2. The highest BCUT2D eigenvalue weighted by atomic mass is 16.4. The molecule has 0 radical (unpaired) electrons. The van der Waals surface area contributed by atoms with Gasteiger partial charge in [-0.2, -0.15) is 0 Å². The summed E-state index contributed by atoms with van der Waals surface area (Å²) in [6, 6.07) is 8.03. The fourth-order valence-electron chi connectivity index (χ4n) is 3.04. The van der Waals surface area contributed by atoms with Crippen molar-refractivity contribution in [2.75, 3.05) is 0 Å². The molecule has 0 amide bonds. The second-order valence-electron chi connectivity index (χ2n) is 6.02. The van der Waals surface area contributed by atoms with Gasteiger partial charge in [-0.1, -0.05) is 25.0 Å². The molecule has 118 valence electrons. The maximum atomic E-state index is 5.85. The number of benzene rings is 1. The molecule has 0 aliphatic heterocycles. The Morgan fingerprint density at radius 3 is 2.43 bits per heavy atom. The highest BCUT2D eigenvalue weighted by Gasteiger charge is 2.23. The number of hydrogen-bond acceptors (Lipinski definition) is 6. The Morgan fingerprint density at radius 2 is 1.74 bits per heavy atom. The summed E-state index contributed by atoms with van der Waals surface area (Å²) in [6.07, 6.45) is 5.45. The van der Waals surface area contributed by atoms with Gasteiger partial charge in [-0.3, -0.25) is 0 Å². The SMILES string of the molecule is Cc1nnc(Cc2ccc(-c3nnc(C4CCCC4)o3)cc2)o1. The van der Waals surface area contributed by atoms with Gasteiger partial charge in [-0.05, 0) is 30.5 Å². The minimum absolute atomic E-state index is 0.441. The molecule has 0 saturated heterocycles. The van der Waals surface area contributed by atoms with E-state index in [2.05, 4.69) is 20.4 Å². The molecule has 0 atom stereocenters. The van der Waals surface area contributed by atoms with E-state index in [4.69, 9.17) is 8.83 Å². The van der Waals surface area contributed by atoms with Gasteiger partial charge >= 0.3 is 0 Å². The quantitative estimate of drug-likeness (QED) is 0.731. The van der Waals surface area contributed by atoms with Crippen LogP contribution in [0.25, 0.3) is 11.5 Å². The second kappa shape index (κ2) is 5.95. The van der Waals surface area contributed by atoms with Crippen molar-refractivity contribution < 1.29 is 8.83 Å². The standard InChI is InChI=1S/C17H18N4O2/c1-11-18-19-15(22-11)10-12-6-8-14(9-7-12)17-21-20-16(23-17)13-4-2-3-5-13/h6-9,13H,2-5,10H2,1H3. The average molecular weight is 310 g/mol. The van der Waals surface area contributed by atoms with Gasteiger partial charge in [0.15, 0.2) is 0 Å². The van der Waals surface area contributed by atoms with Crippen molar-refractivity contribution >= 4 is 0 Å². The average Bonchev–Trinajstić information content (AvgIpc) is 3.28. The van der Waals surface area contributed by atoms with Crippen LogP contribution in [0.1, 0.15) is 54.8 Å². The summed E-state index contributed by atoms with van der Waals surface area (Å²) in [6.45, 7) is 1.79. The number of rotatable bonds is 4. The summed E-state index contributed by atoms with van der Waals surface area (Å²) < 4.78 is 11.3. The lowest BCUT2D eigenvalue weighted by Crippen LogP contribution is -1.91. The molecule has 1 saturated carbocycles. The zero-order valence-electron chi connectivity index (χ0n) is 13.0. The molecule has 0 spiro atoms. The first-order valence-electron chi connectivity index (χ1n) is 7.99. The third-order valence-electron chi connectivity index (χ3n) is 4.27. The lowest BCUT2D eigenvalue weighted by atomic mass is 10.1. The third kappa shape index (κ3) is 3.02. The van der Waals surface area contributed by atoms with Gasteiger partial charge in [0.2, 0.25) is 23.6 Å². The summed E-state index contributed by atoms with van der Waals surface area (Å²) in [7, 11) is 0. The van der Waals surface area contributed by atoms with Crippen LogP contribution in [0.4, 0.5) is 0 Å². The number of hydrogen-bond donors (Lipinski definition) is 0. The van der Waals surface area contributed by atoms with Crippen molar-refractivity contribution in [3.8, 4) is 11.5 Å². The van der Waals surface area contributed by atoms with Crippen LogP contribution >= 0.6 is 0 Å². The van der Waals surface area contributed by atoms with Crippen molar-refractivity contribution in [1.82, 2.24) is 20.4 Å². The summed E-state index contributed by atoms with van der Waals surface area (Å²) in [5.41, 5.74) is 2.04. The van der Waals surface area contributed by atoms with Crippen LogP contribution in [0, 0.1) is 6.92 Å². The van der Waals surface area contributed by atoms with Gasteiger partial charge in [-0.25, -0.2) is 0 Å². The number of nitrogens with zero attached hydrogens (tertiary/aromatic N) is 4. The molecule has 1 aromatic carbocycles. The zero-order chi connectivity index (χ0) is 15.6. The Balaban J connectivity index is 1.49. The molecule has 6 nitrogen and oxygen atoms in total. The fourth-order valence-corrected chi connectivity index (χ4v) is 3.04. The first-order valence-corrected chi connectivity index (χ1v) is 7.99. The van der Waals surface area contributed by atoms with E-state index in [1.807, 2.05) is 24.3 Å². The second-order valence-corrected chi connectivity index (χ2v) is 6.02. The Bertz CT molecular complexity index is 785. The van der Waals surface area contributed by atoms with E-state index in [1.165, 1.54) is 12.8 Å². The van der Waals surface area contributed by atoms with Crippen molar-refractivity contribution in [3.05, 3.63) is 47.5 Å². The van der Waals surface area contributed by atoms with Crippen molar-refractivity contribution in [2.24, 2.45) is 0 Å². The van der Waals surface area contributed by atoms with E-state index >= 15 is 0 Å². The number of aromatic nitrogens is 4. The molecule has 1 aliphatic carbocycles. The molecule has 23 heavy (non-hydrogen) atoms. The minimum atomic E-state index is 0.441. The van der Waals surface area contributed by atoms with Crippen LogP contribution in [-0.4, -0.2) is 20.4 Å². The Morgan fingerprint density at radius 1 is 0.957 bits per heavy atom. The van der Waals surface area contributed by atoms with Crippen LogP contribution < -0.4 is 0 Å². The van der Waals surface area contributed by atoms with Gasteiger partial charge in [0, 0.05) is 18.4 Å². The monoisotopic (exact) mass is 310 g/mol. The Kier molecular flexibility index (Phi) is 3.65. The normalized spacial score (nSPS) is 15.3. The predicted octanol–water partition coefficient (Wildman–Crippen LogP) is 3.68. The first-order chi connectivity index (χ1) is 11.3. The van der Waals surface area contributed by atoms with Crippen molar-refractivity contribution in [1.29, 1.82) is 0 Å². The van der Waals surface area contributed by atoms with Crippen LogP contribution in [0.15, 0.2) is 33.1 Å². The maximum Gasteiger partial charge on any atom is 0.247 e. The molecule has 6 heteroatoms. The summed E-state index contributed by atoms with van der Waals surface area (Å²) >= 11 is 0. The van der Waals surface area contributed by atoms with Gasteiger partial charge in [0.25, 0.3) is 0 Å². The molecule has 2 aromatic heterocycles. The molecule has 0 unspecified atom stereocenters. The maximum absolute atomic E-state index is 5.85. The van der Waals surface area contributed by atoms with E-state index in [0.717, 1.165) is 29.9 Å². The molecular weight excluding hydrogens is 292 g/mol. The van der Waals surface area contributed by atoms with Gasteiger partial charge in [0.1, 0.15) is 0 Å². The van der Waals surface area contributed by atoms with Gasteiger partial charge in [0.05, 0.1) is 6.42 Å². The minimum Gasteiger partial charge on any atom is -0.425 e. The topological polar surface area (TPSA) is 77.8 Å². The highest BCUT2D eigenvalue weighted by molar-refractivity contribution is 5.53. The van der Waals surface area contributed by atoms with Crippen LogP contribution in [0.5, 0.6) is 0 Å². The highest BCUT2D eigenvalue weighted by Crippen LogP contribution is 2.34. The van der Waals surface area contributed by atoms with E-state index in [-0.39, 0.29) is 0 Å². The van der Waals surface area contributed by atoms with Crippen molar-refractivity contribution in [3.63, 3.8) is 0 Å². The summed E-state index contributed by atoms with van der Waals surface area (Å²) in [5.74, 6) is 3.02. The largest absolute Gasteiger partial charge is 0.425 e. The molecule has 1 aliphatic rings. The van der Waals surface area contributed by atoms with Gasteiger partial charge < -0.3 is 8.83 Å². The molecule has 4 rings (SSSR count). The molecule has 3 aromatic rings. The van der Waals surface area contributed by atoms with Crippen molar-refractivity contribution in [2.45, 2.75) is 44.9 Å². The van der Waals surface area contributed by atoms with Gasteiger partial charge in [-0.15, -0.1) is 20.4 Å². The smallest absolute Gasteiger partial charge is 0.247 e. The Hall–Kier alpha value is -2.50. The van der Waals surface area contributed by atoms with Crippen LogP contribution in [-0.2, 0) is 6.42 Å². The number of aryl methyl sites for hydroxylation is 1. The molecule has 0 bridgehead atoms. The lowest BCUT2D eigenvalue weighted by molar-refractivity contribution is 0.457. The molecule has 0 N–H and O–H groups in total. The van der Waals surface area contributed by atoms with E-state index in [9.17, 15) is 0 Å². The van der Waals surface area contributed by atoms with Crippen LogP contribution in [0.2, 0.25) is 0 Å². The van der Waals surface area contributed by atoms with Crippen LogP contribution in [0.3, 0.4) is 0 Å². The Labute approximate surface area is 133 Å². The fraction of sp³-hybridized carbons (Fsp3) is 0.412. The lowest BCUT2D eigenvalue weighted by Gasteiger charge is -2.01. The summed E-state index contributed by atoms with van der Waals surface area (Å²) in [5, 5.41) is 16.3. The zero-order valence-corrected chi connectivity index (χ0v) is 13.0. The molecule has 1 fully saturated rings.